The predicted octanol–water partition coefficient (Wildman–Crippen LogP) is 11.1. The van der Waals surface area contributed by atoms with Gasteiger partial charge in [-0.25, -0.2) is 19.4 Å². The van der Waals surface area contributed by atoms with E-state index in [4.69, 9.17) is 92.8 Å². The van der Waals surface area contributed by atoms with Gasteiger partial charge >= 0.3 is 12.1 Å². The second-order valence-corrected chi connectivity index (χ2v) is 12.1. The van der Waals surface area contributed by atoms with Gasteiger partial charge in [-0.2, -0.15) is 0 Å². The summed E-state index contributed by atoms with van der Waals surface area (Å²) in [4.78, 5) is 51.1. The number of amides is 6. The van der Waals surface area contributed by atoms with Crippen molar-refractivity contribution in [3.8, 4) is 0 Å². The molecule has 0 spiro atoms. The van der Waals surface area contributed by atoms with E-state index in [1.807, 2.05) is 0 Å². The Labute approximate surface area is 296 Å². The van der Waals surface area contributed by atoms with Crippen LogP contribution in [0.15, 0.2) is 72.8 Å². The molecule has 0 atom stereocenters. The fourth-order valence-corrected chi connectivity index (χ4v) is 6.06. The Hall–Kier alpha value is -2.92. The van der Waals surface area contributed by atoms with Crippen molar-refractivity contribution in [3.05, 3.63) is 113 Å². The molecule has 232 valence electrons. The van der Waals surface area contributed by atoms with Crippen LogP contribution in [-0.4, -0.2) is 23.9 Å². The van der Waals surface area contributed by atoms with E-state index in [1.165, 1.54) is 24.3 Å². The van der Waals surface area contributed by atoms with Crippen LogP contribution in [0.25, 0.3) is 0 Å². The molecule has 8 nitrogen and oxygen atoms in total. The number of carbonyl (C=O) groups excluding carboxylic acids is 4. The first kappa shape index (κ1) is 34.9. The molecular formula is C29H16Cl8N4O4. The third-order valence-corrected chi connectivity index (χ3v) is 8.39. The number of nitrogens with one attached hydrogen (secondary N) is 2. The van der Waals surface area contributed by atoms with Gasteiger partial charge in [0, 0.05) is 0 Å². The number of urea groups is 2. The monoisotopic (exact) mass is 764 g/mol. The van der Waals surface area contributed by atoms with Crippen LogP contribution in [0.4, 0.5) is 32.3 Å². The molecule has 16 heteroatoms. The summed E-state index contributed by atoms with van der Waals surface area (Å²) in [7, 11) is 0. The molecule has 6 amide bonds. The summed E-state index contributed by atoms with van der Waals surface area (Å²) in [6, 6.07) is 17.4. The van der Waals surface area contributed by atoms with Crippen LogP contribution in [0.2, 0.25) is 40.2 Å². The Kier molecular flexibility index (Phi) is 11.7. The Morgan fingerprint density at radius 2 is 0.756 bits per heavy atom. The van der Waals surface area contributed by atoms with Gasteiger partial charge in [0.1, 0.15) is 6.42 Å². The molecule has 4 aromatic carbocycles. The summed E-state index contributed by atoms with van der Waals surface area (Å²) in [6.07, 6.45) is -0.561. The molecule has 1 saturated heterocycles. The number of barbiturate groups is 1. The SMILES string of the molecule is O=C(Nc1c(Cl)cccc1Cl)Nc1c(Cl)cccc1Cl.O=C1CC(=O)N(c2c(Cl)cccc2Cl)C(=O)N1c1c(Cl)cccc1Cl. The van der Waals surface area contributed by atoms with Gasteiger partial charge in [-0.1, -0.05) is 117 Å². The standard InChI is InChI=1S/C16H8Cl4N2O3.C13H8Cl4N2O/c17-8-3-1-4-9(18)14(8)21-12(23)7-13(24)22(16(21)25)15-10(19)5-2-6-11(15)20;14-7-3-1-4-8(15)11(7)18-13(20)19-12-9(16)5-2-6-10(12)17/h1-6H,7H2;1-6H,(H2,18,19,20). The van der Waals surface area contributed by atoms with E-state index in [0.29, 0.717) is 31.5 Å². The van der Waals surface area contributed by atoms with Crippen molar-refractivity contribution in [1.82, 2.24) is 0 Å². The molecule has 0 radical (unpaired) electrons. The Balaban J connectivity index is 0.000000210. The normalized spacial score (nSPS) is 12.9. The van der Waals surface area contributed by atoms with E-state index >= 15 is 0 Å². The number of benzene rings is 4. The van der Waals surface area contributed by atoms with Gasteiger partial charge < -0.3 is 10.6 Å². The predicted molar refractivity (Wildman–Crippen MR) is 183 cm³/mol. The van der Waals surface area contributed by atoms with Crippen LogP contribution < -0.4 is 20.4 Å². The highest BCUT2D eigenvalue weighted by molar-refractivity contribution is 6.47. The number of nitrogens with zero attached hydrogens (tertiary/aromatic N) is 2. The first-order valence-corrected chi connectivity index (χ1v) is 15.4. The van der Waals surface area contributed by atoms with Gasteiger partial charge in [0.2, 0.25) is 11.8 Å². The molecule has 0 unspecified atom stereocenters. The van der Waals surface area contributed by atoms with E-state index in [0.717, 1.165) is 9.80 Å². The quantitative estimate of drug-likeness (QED) is 0.202. The molecule has 0 aromatic heterocycles. The Morgan fingerprint density at radius 1 is 0.489 bits per heavy atom. The summed E-state index contributed by atoms with van der Waals surface area (Å²) in [5.41, 5.74) is 0.635. The van der Waals surface area contributed by atoms with E-state index in [1.54, 1.807) is 48.5 Å². The van der Waals surface area contributed by atoms with E-state index < -0.39 is 30.3 Å². The molecular weight excluding hydrogens is 752 g/mol. The second-order valence-electron chi connectivity index (χ2n) is 8.83. The van der Waals surface area contributed by atoms with Crippen molar-refractivity contribution < 1.29 is 19.2 Å². The number of hydrogen-bond donors (Lipinski definition) is 2. The lowest BCUT2D eigenvalue weighted by molar-refractivity contribution is -0.126. The molecule has 1 aliphatic heterocycles. The van der Waals surface area contributed by atoms with E-state index in [2.05, 4.69) is 10.6 Å². The Bertz CT molecular complexity index is 1630. The minimum atomic E-state index is -0.953. The van der Waals surface area contributed by atoms with Crippen LogP contribution >= 0.6 is 92.8 Å². The molecule has 0 aliphatic carbocycles. The molecule has 0 bridgehead atoms. The van der Waals surface area contributed by atoms with Crippen LogP contribution in [0.1, 0.15) is 6.42 Å². The average Bonchev–Trinajstić information content (AvgIpc) is 2.96. The van der Waals surface area contributed by atoms with E-state index in [9.17, 15) is 19.2 Å². The lowest BCUT2D eigenvalue weighted by atomic mass is 10.2. The van der Waals surface area contributed by atoms with Crippen molar-refractivity contribution in [1.29, 1.82) is 0 Å². The summed E-state index contributed by atoms with van der Waals surface area (Å²) < 4.78 is 0. The summed E-state index contributed by atoms with van der Waals surface area (Å²) >= 11 is 48.2. The average molecular weight is 768 g/mol. The molecule has 45 heavy (non-hydrogen) atoms. The smallest absolute Gasteiger partial charge is 0.305 e. The number of rotatable bonds is 4. The van der Waals surface area contributed by atoms with Crippen LogP contribution in [0, 0.1) is 0 Å². The van der Waals surface area contributed by atoms with E-state index in [-0.39, 0.29) is 31.5 Å². The lowest BCUT2D eigenvalue weighted by Crippen LogP contribution is -2.56. The lowest BCUT2D eigenvalue weighted by Gasteiger charge is -2.34. The zero-order chi connectivity index (χ0) is 33.0. The fourth-order valence-electron chi connectivity index (χ4n) is 3.94. The maximum atomic E-state index is 12.9. The molecule has 2 N–H and O–H groups in total. The maximum absolute atomic E-state index is 12.9. The van der Waals surface area contributed by atoms with Crippen molar-refractivity contribution in [2.45, 2.75) is 6.42 Å². The minimum Gasteiger partial charge on any atom is -0.305 e. The molecule has 4 aromatic rings. The molecule has 1 fully saturated rings. The summed E-state index contributed by atoms with van der Waals surface area (Å²) in [6.45, 7) is 0. The number of hydrogen-bond acceptors (Lipinski definition) is 4. The highest BCUT2D eigenvalue weighted by Crippen LogP contribution is 2.40. The zero-order valence-electron chi connectivity index (χ0n) is 22.2. The van der Waals surface area contributed by atoms with Gasteiger partial charge in [0.25, 0.3) is 0 Å². The maximum Gasteiger partial charge on any atom is 0.342 e. The fraction of sp³-hybridized carbons (Fsp3) is 0.0345. The van der Waals surface area contributed by atoms with Crippen molar-refractivity contribution >= 4 is 139 Å². The molecule has 1 aliphatic rings. The highest BCUT2D eigenvalue weighted by atomic mass is 35.5. The summed E-state index contributed by atoms with van der Waals surface area (Å²) in [5.74, 6) is -1.49. The van der Waals surface area contributed by atoms with Crippen LogP contribution in [-0.2, 0) is 9.59 Å². The number of anilines is 4. The number of para-hydroxylation sites is 4. The van der Waals surface area contributed by atoms with Crippen molar-refractivity contribution in [2.75, 3.05) is 20.4 Å². The summed E-state index contributed by atoms with van der Waals surface area (Å²) in [5, 5.41) is 6.79. The van der Waals surface area contributed by atoms with Gasteiger partial charge in [-0.05, 0) is 48.5 Å². The number of imide groups is 2. The number of carbonyl (C=O) groups is 4. The van der Waals surface area contributed by atoms with Gasteiger partial charge in [0.15, 0.2) is 0 Å². The third kappa shape index (κ3) is 7.91. The second kappa shape index (κ2) is 15.1. The minimum absolute atomic E-state index is 0.00140. The van der Waals surface area contributed by atoms with Gasteiger partial charge in [-0.3, -0.25) is 9.59 Å². The molecule has 0 saturated carbocycles. The topological polar surface area (TPSA) is 98.8 Å². The van der Waals surface area contributed by atoms with Crippen LogP contribution in [0.5, 0.6) is 0 Å². The van der Waals surface area contributed by atoms with Crippen molar-refractivity contribution in [2.24, 2.45) is 0 Å². The molecule has 1 heterocycles. The largest absolute Gasteiger partial charge is 0.342 e. The first-order chi connectivity index (χ1) is 21.3. The molecule has 5 rings (SSSR count). The van der Waals surface area contributed by atoms with Crippen LogP contribution in [0.3, 0.4) is 0 Å². The Morgan fingerprint density at radius 3 is 1.04 bits per heavy atom. The van der Waals surface area contributed by atoms with Gasteiger partial charge in [-0.15, -0.1) is 0 Å². The van der Waals surface area contributed by atoms with Crippen molar-refractivity contribution in [3.63, 3.8) is 0 Å². The first-order valence-electron chi connectivity index (χ1n) is 12.4. The zero-order valence-corrected chi connectivity index (χ0v) is 28.2. The number of halogens is 8. The van der Waals surface area contributed by atoms with Gasteiger partial charge in [0.05, 0.1) is 62.9 Å². The third-order valence-electron chi connectivity index (χ3n) is 5.91. The highest BCUT2D eigenvalue weighted by Gasteiger charge is 2.42.